The van der Waals surface area contributed by atoms with Gasteiger partial charge in [-0.1, -0.05) is 50.3 Å². The van der Waals surface area contributed by atoms with E-state index in [2.05, 4.69) is 10.6 Å². The van der Waals surface area contributed by atoms with Crippen LogP contribution >= 0.6 is 0 Å². The Morgan fingerprint density at radius 3 is 2.45 bits per heavy atom. The van der Waals surface area contributed by atoms with Crippen LogP contribution in [0.1, 0.15) is 50.5 Å². The highest BCUT2D eigenvalue weighted by molar-refractivity contribution is 5.74. The molecule has 0 aromatic heterocycles. The molecule has 20 heavy (non-hydrogen) atoms. The molecule has 3 nitrogen and oxygen atoms in total. The van der Waals surface area contributed by atoms with Crippen molar-refractivity contribution in [3.63, 3.8) is 0 Å². The second-order valence-electron chi connectivity index (χ2n) is 5.46. The van der Waals surface area contributed by atoms with Crippen LogP contribution in [-0.2, 0) is 6.54 Å². The quantitative estimate of drug-likeness (QED) is 0.869. The van der Waals surface area contributed by atoms with E-state index in [0.717, 1.165) is 12.8 Å². The highest BCUT2D eigenvalue weighted by Gasteiger charge is 2.13. The number of halogens is 1. The van der Waals surface area contributed by atoms with E-state index >= 15 is 0 Å². The molecule has 0 bridgehead atoms. The maximum absolute atomic E-state index is 13.4. The molecule has 2 rings (SSSR count). The van der Waals surface area contributed by atoms with Crippen LogP contribution in [0.5, 0.6) is 0 Å². The summed E-state index contributed by atoms with van der Waals surface area (Å²) in [6, 6.07) is 6.57. The molecule has 1 aromatic carbocycles. The average Bonchev–Trinajstić information content (AvgIpc) is 2.41. The van der Waals surface area contributed by atoms with Gasteiger partial charge in [-0.3, -0.25) is 0 Å². The van der Waals surface area contributed by atoms with Gasteiger partial charge in [0.05, 0.1) is 0 Å². The predicted molar refractivity (Wildman–Crippen MR) is 77.9 cm³/mol. The van der Waals surface area contributed by atoms with Crippen LogP contribution in [0.2, 0.25) is 0 Å². The first-order valence-electron chi connectivity index (χ1n) is 7.53. The molecule has 2 N–H and O–H groups in total. The summed E-state index contributed by atoms with van der Waals surface area (Å²) >= 11 is 0. The number of hydrogen-bond acceptors (Lipinski definition) is 1. The molecular weight excluding hydrogens is 255 g/mol. The number of rotatable bonds is 3. The van der Waals surface area contributed by atoms with Gasteiger partial charge < -0.3 is 10.6 Å². The summed E-state index contributed by atoms with van der Waals surface area (Å²) in [6.07, 6.45) is 8.28. The van der Waals surface area contributed by atoms with Crippen LogP contribution in [0.4, 0.5) is 9.18 Å². The molecule has 0 spiro atoms. The molecule has 1 aliphatic carbocycles. The zero-order chi connectivity index (χ0) is 14.2. The van der Waals surface area contributed by atoms with Gasteiger partial charge in [-0.15, -0.1) is 0 Å². The first-order valence-corrected chi connectivity index (χ1v) is 7.53. The molecule has 0 atom stereocenters. The van der Waals surface area contributed by atoms with Crippen LogP contribution in [-0.4, -0.2) is 12.1 Å². The lowest BCUT2D eigenvalue weighted by Crippen LogP contribution is -2.42. The molecule has 110 valence electrons. The van der Waals surface area contributed by atoms with Crippen LogP contribution in [0, 0.1) is 5.82 Å². The normalized spacial score (nSPS) is 17.1. The Morgan fingerprint density at radius 2 is 1.75 bits per heavy atom. The molecule has 1 saturated carbocycles. The van der Waals surface area contributed by atoms with E-state index in [1.54, 1.807) is 18.2 Å². The molecule has 0 saturated heterocycles. The van der Waals surface area contributed by atoms with Crippen molar-refractivity contribution in [3.8, 4) is 0 Å². The van der Waals surface area contributed by atoms with Gasteiger partial charge in [0, 0.05) is 18.2 Å². The monoisotopic (exact) mass is 278 g/mol. The van der Waals surface area contributed by atoms with E-state index in [1.165, 1.54) is 38.2 Å². The van der Waals surface area contributed by atoms with E-state index in [9.17, 15) is 9.18 Å². The van der Waals surface area contributed by atoms with Crippen molar-refractivity contribution in [3.05, 3.63) is 35.6 Å². The fourth-order valence-corrected chi connectivity index (χ4v) is 2.65. The van der Waals surface area contributed by atoms with Gasteiger partial charge in [-0.25, -0.2) is 9.18 Å². The Morgan fingerprint density at radius 1 is 1.10 bits per heavy atom. The molecule has 0 radical (unpaired) electrons. The Kier molecular flexibility index (Phi) is 5.84. The lowest BCUT2D eigenvalue weighted by molar-refractivity contribution is 0.233. The summed E-state index contributed by atoms with van der Waals surface area (Å²) in [5.41, 5.74) is 0.514. The Bertz CT molecular complexity index is 428. The first kappa shape index (κ1) is 14.8. The SMILES string of the molecule is O=C(NCc1ccccc1F)NC1CCCCCCC1. The number of urea groups is 1. The standard InChI is InChI=1S/C16H23FN2O/c17-15-11-7-6-8-13(15)12-18-16(20)19-14-9-4-2-1-3-5-10-14/h6-8,11,14H,1-5,9-10,12H2,(H2,18,19,20). The van der Waals surface area contributed by atoms with E-state index in [4.69, 9.17) is 0 Å². The lowest BCUT2D eigenvalue weighted by Gasteiger charge is -2.21. The summed E-state index contributed by atoms with van der Waals surface area (Å²) in [5, 5.41) is 5.74. The summed E-state index contributed by atoms with van der Waals surface area (Å²) in [6.45, 7) is 0.227. The zero-order valence-electron chi connectivity index (χ0n) is 11.8. The van der Waals surface area contributed by atoms with Gasteiger partial charge in [0.25, 0.3) is 0 Å². The summed E-state index contributed by atoms with van der Waals surface area (Å²) < 4.78 is 13.4. The van der Waals surface area contributed by atoms with Crippen molar-refractivity contribution in [2.24, 2.45) is 0 Å². The van der Waals surface area contributed by atoms with E-state index in [0.29, 0.717) is 5.56 Å². The third kappa shape index (κ3) is 4.83. The molecule has 1 aliphatic rings. The number of carbonyl (C=O) groups excluding carboxylic acids is 1. The van der Waals surface area contributed by atoms with Gasteiger partial charge in [0.15, 0.2) is 0 Å². The minimum absolute atomic E-state index is 0.196. The molecule has 1 fully saturated rings. The van der Waals surface area contributed by atoms with Crippen LogP contribution < -0.4 is 10.6 Å². The van der Waals surface area contributed by atoms with Crippen molar-refractivity contribution in [2.45, 2.75) is 57.5 Å². The number of amides is 2. The van der Waals surface area contributed by atoms with E-state index < -0.39 is 0 Å². The summed E-state index contributed by atoms with van der Waals surface area (Å²) in [4.78, 5) is 11.8. The maximum Gasteiger partial charge on any atom is 0.315 e. The second kappa shape index (κ2) is 7.88. The largest absolute Gasteiger partial charge is 0.335 e. The van der Waals surface area contributed by atoms with Gasteiger partial charge in [-0.05, 0) is 18.9 Å². The van der Waals surface area contributed by atoms with Crippen molar-refractivity contribution in [1.82, 2.24) is 10.6 Å². The molecule has 0 heterocycles. The highest BCUT2D eigenvalue weighted by Crippen LogP contribution is 2.17. The lowest BCUT2D eigenvalue weighted by atomic mass is 9.97. The topological polar surface area (TPSA) is 41.1 Å². The maximum atomic E-state index is 13.4. The van der Waals surface area contributed by atoms with E-state index in [1.807, 2.05) is 0 Å². The number of benzene rings is 1. The number of nitrogens with one attached hydrogen (secondary N) is 2. The second-order valence-corrected chi connectivity index (χ2v) is 5.46. The smallest absolute Gasteiger partial charge is 0.315 e. The van der Waals surface area contributed by atoms with Crippen molar-refractivity contribution < 1.29 is 9.18 Å². The third-order valence-corrected chi connectivity index (χ3v) is 3.84. The zero-order valence-corrected chi connectivity index (χ0v) is 11.8. The average molecular weight is 278 g/mol. The molecule has 0 aliphatic heterocycles. The molecular formula is C16H23FN2O. The summed E-state index contributed by atoms with van der Waals surface area (Å²) in [7, 11) is 0. The van der Waals surface area contributed by atoms with Gasteiger partial charge in [-0.2, -0.15) is 0 Å². The molecule has 4 heteroatoms. The van der Waals surface area contributed by atoms with Crippen molar-refractivity contribution in [1.29, 1.82) is 0 Å². The van der Waals surface area contributed by atoms with Gasteiger partial charge >= 0.3 is 6.03 Å². The van der Waals surface area contributed by atoms with Crippen LogP contribution in [0.15, 0.2) is 24.3 Å². The number of hydrogen-bond donors (Lipinski definition) is 2. The first-order chi connectivity index (χ1) is 9.75. The highest BCUT2D eigenvalue weighted by atomic mass is 19.1. The predicted octanol–water partition coefficient (Wildman–Crippen LogP) is 3.74. The van der Waals surface area contributed by atoms with Gasteiger partial charge in [0.1, 0.15) is 5.82 Å². The molecule has 2 amide bonds. The molecule has 0 unspecified atom stereocenters. The van der Waals surface area contributed by atoms with Crippen molar-refractivity contribution in [2.75, 3.05) is 0 Å². The van der Waals surface area contributed by atoms with E-state index in [-0.39, 0.29) is 24.4 Å². The Balaban J connectivity index is 1.75. The van der Waals surface area contributed by atoms with Crippen molar-refractivity contribution >= 4 is 6.03 Å². The fraction of sp³-hybridized carbons (Fsp3) is 0.562. The minimum atomic E-state index is -0.279. The fourth-order valence-electron chi connectivity index (χ4n) is 2.65. The Labute approximate surface area is 120 Å². The van der Waals surface area contributed by atoms with Gasteiger partial charge in [0.2, 0.25) is 0 Å². The number of carbonyl (C=O) groups is 1. The van der Waals surface area contributed by atoms with Crippen LogP contribution in [0.3, 0.4) is 0 Å². The molecule has 1 aromatic rings. The van der Waals surface area contributed by atoms with Crippen LogP contribution in [0.25, 0.3) is 0 Å². The summed E-state index contributed by atoms with van der Waals surface area (Å²) in [5.74, 6) is -0.279. The third-order valence-electron chi connectivity index (χ3n) is 3.84. The minimum Gasteiger partial charge on any atom is -0.335 e. The Hall–Kier alpha value is -1.58.